The van der Waals surface area contributed by atoms with Crippen LogP contribution in [-0.4, -0.2) is 161 Å². The Morgan fingerprint density at radius 2 is 1.44 bits per heavy atom. The first-order chi connectivity index (χ1) is 25.4. The van der Waals surface area contributed by atoms with Crippen molar-refractivity contribution < 1.29 is 73.1 Å². The highest BCUT2D eigenvalue weighted by Gasteiger charge is 2.54. The van der Waals surface area contributed by atoms with Crippen LogP contribution in [0.25, 0.3) is 0 Å². The monoisotopic (exact) mass is 793 g/mol. The second-order valence-corrected chi connectivity index (χ2v) is 16.7. The normalized spacial score (nSPS) is 46.6. The fourth-order valence-electron chi connectivity index (χ4n) is 8.58. The van der Waals surface area contributed by atoms with E-state index in [0.29, 0.717) is 6.42 Å². The number of aliphatic hydroxyl groups excluding tert-OH is 3. The minimum atomic E-state index is -1.96. The molecule has 5 N–H and O–H groups in total. The Labute approximate surface area is 327 Å². The van der Waals surface area contributed by atoms with Gasteiger partial charge in [-0.1, -0.05) is 27.7 Å². The Kier molecular flexibility index (Phi) is 18.1. The van der Waals surface area contributed by atoms with Crippen LogP contribution in [-0.2, 0) is 47.5 Å². The van der Waals surface area contributed by atoms with Crippen LogP contribution in [0.5, 0.6) is 0 Å². The molecule has 322 valence electrons. The van der Waals surface area contributed by atoms with E-state index in [1.807, 2.05) is 32.8 Å². The minimum Gasteiger partial charge on any atom is -0.483 e. The van der Waals surface area contributed by atoms with Crippen LogP contribution in [0.4, 0.5) is 0 Å². The molecule has 18 atom stereocenters. The summed E-state index contributed by atoms with van der Waals surface area (Å²) in [6, 6.07) is -0.283. The van der Waals surface area contributed by atoms with E-state index in [2.05, 4.69) is 0 Å². The molecule has 0 amide bonds. The number of hydrogen-bond acceptors (Lipinski definition) is 15. The molecule has 0 aromatic carbocycles. The third kappa shape index (κ3) is 11.2. The maximum Gasteiger partial charge on any atom is 0.311 e. The van der Waals surface area contributed by atoms with Gasteiger partial charge in [0.2, 0.25) is 0 Å². The number of methoxy groups -OCH3 is 2. The lowest BCUT2D eigenvalue weighted by Gasteiger charge is -2.50. The first-order valence-electron chi connectivity index (χ1n) is 19.4. The minimum absolute atomic E-state index is 0.111. The van der Waals surface area contributed by atoms with Crippen LogP contribution >= 0.6 is 0 Å². The highest BCUT2D eigenvalue weighted by atomic mass is 16.7. The Bertz CT molecular complexity index is 1240. The number of nitrogens with zero attached hydrogens (tertiary/aromatic N) is 1. The lowest BCUT2D eigenvalue weighted by molar-refractivity contribution is -0.319. The Hall–Kier alpha value is -1.83. The molecule has 16 heteroatoms. The molecule has 0 aliphatic carbocycles. The summed E-state index contributed by atoms with van der Waals surface area (Å²) in [4.78, 5) is 38.4. The molecule has 3 saturated heterocycles. The molecule has 3 aliphatic rings. The number of esters is 1. The van der Waals surface area contributed by atoms with Crippen molar-refractivity contribution in [2.24, 2.45) is 23.7 Å². The number of likely N-dealkylation sites (N-methyl/N-ethyl adjacent to an activating group) is 1. The second kappa shape index (κ2) is 20.2. The number of cyclic esters (lactones) is 1. The molecule has 55 heavy (non-hydrogen) atoms. The first-order valence-corrected chi connectivity index (χ1v) is 19.4. The van der Waals surface area contributed by atoms with Gasteiger partial charge in [0.15, 0.2) is 12.6 Å². The number of hydrogen-bond donors (Lipinski definition) is 5. The summed E-state index contributed by atoms with van der Waals surface area (Å²) >= 11 is 0. The van der Waals surface area contributed by atoms with E-state index < -0.39 is 102 Å². The van der Waals surface area contributed by atoms with Gasteiger partial charge >= 0.3 is 5.97 Å². The quantitative estimate of drug-likeness (QED) is 0.176. The van der Waals surface area contributed by atoms with Crippen molar-refractivity contribution in [1.29, 1.82) is 0 Å². The Morgan fingerprint density at radius 3 is 1.95 bits per heavy atom. The topological polar surface area (TPSA) is 220 Å². The summed E-state index contributed by atoms with van der Waals surface area (Å²) < 4.78 is 43.9. The molecule has 3 rings (SSSR count). The zero-order valence-electron chi connectivity index (χ0n) is 35.3. The van der Waals surface area contributed by atoms with Gasteiger partial charge in [0.05, 0.1) is 47.6 Å². The predicted molar refractivity (Wildman–Crippen MR) is 200 cm³/mol. The van der Waals surface area contributed by atoms with Crippen LogP contribution in [0.1, 0.15) is 94.9 Å². The lowest BCUT2D eigenvalue weighted by Crippen LogP contribution is -2.61. The van der Waals surface area contributed by atoms with E-state index in [0.717, 1.165) is 0 Å². The molecule has 3 fully saturated rings. The summed E-state index contributed by atoms with van der Waals surface area (Å²) in [5.74, 6) is -4.47. The highest BCUT2D eigenvalue weighted by molar-refractivity contribution is 5.83. The molecule has 0 spiro atoms. The third-order valence-corrected chi connectivity index (χ3v) is 12.3. The van der Waals surface area contributed by atoms with E-state index >= 15 is 0 Å². The number of aliphatic hydroxyl groups is 4. The molecule has 16 nitrogen and oxygen atoms in total. The van der Waals surface area contributed by atoms with Gasteiger partial charge in [-0.05, 0) is 74.9 Å². The first kappa shape index (κ1) is 49.3. The highest BCUT2D eigenvalue weighted by Crippen LogP contribution is 2.41. The predicted octanol–water partition coefficient (Wildman–Crippen LogP) is 2.14. The van der Waals surface area contributed by atoms with Crippen molar-refractivity contribution in [1.82, 2.24) is 4.90 Å². The zero-order valence-corrected chi connectivity index (χ0v) is 35.3. The largest absolute Gasteiger partial charge is 0.483 e. The maximum absolute atomic E-state index is 14.2. The van der Waals surface area contributed by atoms with Gasteiger partial charge < -0.3 is 63.6 Å². The molecular formula is C39H71NO15. The molecule has 3 heterocycles. The van der Waals surface area contributed by atoms with Crippen molar-refractivity contribution in [3.8, 4) is 0 Å². The molecule has 0 aromatic heterocycles. The summed E-state index contributed by atoms with van der Waals surface area (Å²) in [7, 11) is 6.77. The number of ether oxygens (including phenoxy) is 7. The van der Waals surface area contributed by atoms with E-state index in [9.17, 15) is 30.0 Å². The summed E-state index contributed by atoms with van der Waals surface area (Å²) in [6.45, 7) is 16.8. The number of carbonyl (C=O) groups excluding carboxylic acids is 2. The summed E-state index contributed by atoms with van der Waals surface area (Å²) in [5.41, 5.74) is -4.24. The van der Waals surface area contributed by atoms with Gasteiger partial charge in [-0.2, -0.15) is 0 Å². The van der Waals surface area contributed by atoms with Gasteiger partial charge in [0, 0.05) is 44.4 Å². The SMILES string of the molecule is CC[C@H]1OC(=O)[C@H](C)[C@@H](O[C@H]2C[C@@](C)(OC)[C@@H](O)[C@H](C)O2)C(C)[C@@H](O[C@@H]2O[C@H](C)C[C@H](N(C)C)[C@H]2O)[C@](C)(OC)C[C@@H](C)C(=O)[C@H](C)[C@@H](O)[C@]1(C)O.O=CO. The van der Waals surface area contributed by atoms with Gasteiger partial charge in [-0.15, -0.1) is 0 Å². The fraction of sp³-hybridized carbons (Fsp3) is 0.923. The Balaban J connectivity index is 0.00000337. The molecule has 0 radical (unpaired) electrons. The van der Waals surface area contributed by atoms with Crippen LogP contribution in [0.15, 0.2) is 0 Å². The number of ketones is 1. The number of rotatable bonds is 8. The van der Waals surface area contributed by atoms with Crippen molar-refractivity contribution >= 4 is 18.2 Å². The van der Waals surface area contributed by atoms with Crippen LogP contribution < -0.4 is 0 Å². The van der Waals surface area contributed by atoms with Gasteiger partial charge in [0.25, 0.3) is 6.47 Å². The van der Waals surface area contributed by atoms with Crippen LogP contribution in [0, 0.1) is 23.7 Å². The van der Waals surface area contributed by atoms with Gasteiger partial charge in [-0.3, -0.25) is 14.4 Å². The fourth-order valence-corrected chi connectivity index (χ4v) is 8.58. The van der Waals surface area contributed by atoms with Crippen molar-refractivity contribution in [3.63, 3.8) is 0 Å². The van der Waals surface area contributed by atoms with E-state index in [4.69, 9.17) is 43.1 Å². The molecule has 0 saturated carbocycles. The van der Waals surface area contributed by atoms with E-state index in [1.54, 1.807) is 48.5 Å². The second-order valence-electron chi connectivity index (χ2n) is 16.7. The average molecular weight is 794 g/mol. The molecule has 0 aromatic rings. The molecule has 0 bridgehead atoms. The van der Waals surface area contributed by atoms with Crippen molar-refractivity contribution in [2.75, 3.05) is 28.3 Å². The smallest absolute Gasteiger partial charge is 0.311 e. The molecular weight excluding hydrogens is 722 g/mol. The standard InChI is InChI=1S/C38H69NO13.CH2O2/c1-15-26-38(10,45)31(42)21(4)28(40)19(2)17-37(9,47-14)33(52-35-29(41)25(39(11)12)16-20(3)48-35)22(5)30(23(6)34(44)50-26)51-27-18-36(8,46-13)32(43)24(7)49-27;2-1-3/h19-27,29-33,35,41-43,45H,15-18H2,1-14H3;1H,(H,2,3)/t19-,20-,21+,22?,23-,24+,25+,26-,27+,29-,30+,31-,32+,33-,35+,36-,37-,38-;/m1./s1. The van der Waals surface area contributed by atoms with Crippen LogP contribution in [0.3, 0.4) is 0 Å². The molecule has 3 aliphatic heterocycles. The third-order valence-electron chi connectivity index (χ3n) is 12.3. The average Bonchev–Trinajstić information content (AvgIpc) is 3.12. The Morgan fingerprint density at radius 1 is 0.873 bits per heavy atom. The number of Topliss-reactive ketones (excluding diaryl/α,β-unsaturated/α-hetero) is 1. The van der Waals surface area contributed by atoms with Gasteiger partial charge in [0.1, 0.15) is 29.7 Å². The number of carbonyl (C=O) groups is 3. The van der Waals surface area contributed by atoms with E-state index in [-0.39, 0.29) is 43.7 Å². The van der Waals surface area contributed by atoms with Crippen LogP contribution in [0.2, 0.25) is 0 Å². The summed E-state index contributed by atoms with van der Waals surface area (Å²) in [6.07, 6.45) is -8.73. The van der Waals surface area contributed by atoms with E-state index in [1.165, 1.54) is 21.1 Å². The van der Waals surface area contributed by atoms with Crippen molar-refractivity contribution in [3.05, 3.63) is 0 Å². The van der Waals surface area contributed by atoms with Gasteiger partial charge in [-0.25, -0.2) is 0 Å². The maximum atomic E-state index is 14.2. The number of carboxylic acid groups (broad SMARTS) is 1. The lowest BCUT2D eigenvalue weighted by atomic mass is 9.74. The van der Waals surface area contributed by atoms with Crippen molar-refractivity contribution in [2.45, 2.75) is 179 Å². The summed E-state index contributed by atoms with van der Waals surface area (Å²) in [5, 5.41) is 52.4. The zero-order chi connectivity index (χ0) is 42.4. The molecule has 1 unspecified atom stereocenters.